The molecule has 0 unspecified atom stereocenters. The monoisotopic (exact) mass is 172 g/mol. The van der Waals surface area contributed by atoms with Crippen LogP contribution in [0.4, 0.5) is 0 Å². The number of primary sulfonamides is 1. The summed E-state index contributed by atoms with van der Waals surface area (Å²) in [5.74, 6) is 0. The second-order valence-electron chi connectivity index (χ2n) is 1.87. The van der Waals surface area contributed by atoms with Gasteiger partial charge in [0.25, 0.3) is 0 Å². The summed E-state index contributed by atoms with van der Waals surface area (Å²) < 4.78 is 20.7. The first-order valence-corrected chi connectivity index (χ1v) is 3.94. The van der Waals surface area contributed by atoms with Crippen LogP contribution in [0, 0.1) is 0 Å². The highest BCUT2D eigenvalue weighted by molar-refractivity contribution is 7.89. The molecule has 1 fully saturated rings. The van der Waals surface area contributed by atoms with E-state index in [0.717, 1.165) is 0 Å². The number of hydrogen-bond donors (Lipinski definition) is 2. The fourth-order valence-electron chi connectivity index (χ4n) is 0.494. The Morgan fingerprint density at radius 1 is 1.44 bits per heavy atom. The van der Waals surface area contributed by atoms with Crippen molar-refractivity contribution in [3.05, 3.63) is 0 Å². The van der Waals surface area contributed by atoms with Gasteiger partial charge in [0.2, 0.25) is 10.0 Å². The Morgan fingerprint density at radius 2 is 1.89 bits per heavy atom. The van der Waals surface area contributed by atoms with E-state index in [1.54, 1.807) is 0 Å². The van der Waals surface area contributed by atoms with Crippen LogP contribution in [0.2, 0.25) is 0 Å². The van der Waals surface area contributed by atoms with Gasteiger partial charge >= 0.3 is 0 Å². The van der Waals surface area contributed by atoms with E-state index in [1.807, 2.05) is 0 Å². The van der Waals surface area contributed by atoms with Crippen LogP contribution >= 0.6 is 12.4 Å². The zero-order valence-electron chi connectivity index (χ0n) is 4.70. The minimum absolute atomic E-state index is 0. The first-order valence-electron chi connectivity index (χ1n) is 2.33. The molecule has 0 saturated carbocycles. The Balaban J connectivity index is 0.000000640. The van der Waals surface area contributed by atoms with Gasteiger partial charge in [-0.2, -0.15) is 0 Å². The molecule has 1 heterocycles. The van der Waals surface area contributed by atoms with Crippen molar-refractivity contribution in [1.82, 2.24) is 5.32 Å². The number of nitrogens with one attached hydrogen (secondary N) is 1. The third kappa shape index (κ3) is 2.09. The SMILES string of the molecule is Cl.NS(=O)(=O)C1CNC1. The molecule has 6 heteroatoms. The zero-order chi connectivity index (χ0) is 6.20. The molecule has 1 rings (SSSR count). The molecule has 0 bridgehead atoms. The number of halogens is 1. The van der Waals surface area contributed by atoms with Gasteiger partial charge in [-0.1, -0.05) is 0 Å². The standard InChI is InChI=1S/C3H8N2O2S.ClH/c4-8(6,7)3-1-5-2-3;/h3,5H,1-2H2,(H2,4,6,7);1H. The highest BCUT2D eigenvalue weighted by atomic mass is 35.5. The molecule has 0 radical (unpaired) electrons. The summed E-state index contributed by atoms with van der Waals surface area (Å²) in [7, 11) is -3.23. The van der Waals surface area contributed by atoms with Gasteiger partial charge in [0.1, 0.15) is 0 Å². The molecular weight excluding hydrogens is 164 g/mol. The van der Waals surface area contributed by atoms with E-state index < -0.39 is 10.0 Å². The summed E-state index contributed by atoms with van der Waals surface area (Å²) in [6.07, 6.45) is 0. The Morgan fingerprint density at radius 3 is 1.89 bits per heavy atom. The van der Waals surface area contributed by atoms with Gasteiger partial charge in [-0.15, -0.1) is 12.4 Å². The third-order valence-corrected chi connectivity index (χ3v) is 2.47. The molecule has 3 N–H and O–H groups in total. The maximum atomic E-state index is 10.4. The Bertz CT molecular complexity index is 174. The fraction of sp³-hybridized carbons (Fsp3) is 1.00. The lowest BCUT2D eigenvalue weighted by molar-refractivity contribution is 0.496. The van der Waals surface area contributed by atoms with Crippen molar-refractivity contribution in [2.75, 3.05) is 13.1 Å². The highest BCUT2D eigenvalue weighted by Crippen LogP contribution is 1.99. The lowest BCUT2D eigenvalue weighted by Crippen LogP contribution is -2.53. The molecule has 0 spiro atoms. The second-order valence-corrected chi connectivity index (χ2v) is 3.71. The van der Waals surface area contributed by atoms with E-state index in [4.69, 9.17) is 5.14 Å². The quantitative estimate of drug-likeness (QED) is 0.515. The summed E-state index contributed by atoms with van der Waals surface area (Å²) in [5.41, 5.74) is 0. The molecule has 9 heavy (non-hydrogen) atoms. The molecule has 0 aromatic carbocycles. The number of hydrogen-bond acceptors (Lipinski definition) is 3. The fourth-order valence-corrected chi connectivity index (χ4v) is 1.19. The smallest absolute Gasteiger partial charge is 0.214 e. The molecule has 1 aliphatic rings. The minimum atomic E-state index is -3.23. The van der Waals surface area contributed by atoms with E-state index in [2.05, 4.69) is 5.32 Å². The first kappa shape index (κ1) is 9.16. The van der Waals surface area contributed by atoms with Gasteiger partial charge in [-0.25, -0.2) is 13.6 Å². The van der Waals surface area contributed by atoms with Crippen molar-refractivity contribution in [1.29, 1.82) is 0 Å². The molecule has 0 aromatic heterocycles. The van der Waals surface area contributed by atoms with Gasteiger partial charge in [-0.3, -0.25) is 0 Å². The van der Waals surface area contributed by atoms with Crippen LogP contribution in [-0.2, 0) is 10.0 Å². The van der Waals surface area contributed by atoms with Crippen molar-refractivity contribution in [2.24, 2.45) is 5.14 Å². The average Bonchev–Trinajstić information content (AvgIpc) is 1.16. The number of nitrogens with two attached hydrogens (primary N) is 1. The molecule has 0 atom stereocenters. The topological polar surface area (TPSA) is 72.2 Å². The first-order chi connectivity index (χ1) is 3.61. The van der Waals surface area contributed by atoms with Gasteiger partial charge in [-0.05, 0) is 0 Å². The maximum Gasteiger partial charge on any atom is 0.214 e. The van der Waals surface area contributed by atoms with Crippen molar-refractivity contribution in [3.63, 3.8) is 0 Å². The third-order valence-electron chi connectivity index (χ3n) is 1.21. The van der Waals surface area contributed by atoms with E-state index in [9.17, 15) is 8.42 Å². The molecule has 0 amide bonds. The Hall–Kier alpha value is 0.160. The summed E-state index contributed by atoms with van der Waals surface area (Å²) in [5, 5.41) is 7.25. The number of sulfonamides is 1. The van der Waals surface area contributed by atoms with Gasteiger partial charge in [0, 0.05) is 13.1 Å². The summed E-state index contributed by atoms with van der Waals surface area (Å²) in [6.45, 7) is 1.03. The van der Waals surface area contributed by atoms with E-state index in [1.165, 1.54) is 0 Å². The van der Waals surface area contributed by atoms with Crippen LogP contribution in [0.3, 0.4) is 0 Å². The molecular formula is C3H9ClN2O2S. The molecule has 0 aromatic rings. The molecule has 56 valence electrons. The summed E-state index contributed by atoms with van der Waals surface area (Å²) in [6, 6.07) is 0. The average molecular weight is 173 g/mol. The number of rotatable bonds is 1. The van der Waals surface area contributed by atoms with Gasteiger partial charge in [0.05, 0.1) is 5.25 Å². The largest absolute Gasteiger partial charge is 0.314 e. The van der Waals surface area contributed by atoms with Crippen LogP contribution in [0.1, 0.15) is 0 Å². The van der Waals surface area contributed by atoms with Crippen molar-refractivity contribution < 1.29 is 8.42 Å². The van der Waals surface area contributed by atoms with Gasteiger partial charge in [0.15, 0.2) is 0 Å². The predicted octanol–water partition coefficient (Wildman–Crippen LogP) is -1.33. The van der Waals surface area contributed by atoms with Crippen molar-refractivity contribution >= 4 is 22.4 Å². The lowest BCUT2D eigenvalue weighted by atomic mass is 10.3. The molecule has 1 saturated heterocycles. The van der Waals surface area contributed by atoms with Crippen molar-refractivity contribution in [2.45, 2.75) is 5.25 Å². The molecule has 4 nitrogen and oxygen atoms in total. The maximum absolute atomic E-state index is 10.4. The van der Waals surface area contributed by atoms with Crippen LogP contribution in [0.5, 0.6) is 0 Å². The van der Waals surface area contributed by atoms with Crippen LogP contribution < -0.4 is 10.5 Å². The minimum Gasteiger partial charge on any atom is -0.314 e. The van der Waals surface area contributed by atoms with E-state index in [-0.39, 0.29) is 17.7 Å². The molecule has 0 aliphatic carbocycles. The summed E-state index contributed by atoms with van der Waals surface area (Å²) in [4.78, 5) is 0. The second kappa shape index (κ2) is 2.83. The Labute approximate surface area is 60.3 Å². The normalized spacial score (nSPS) is 20.1. The van der Waals surface area contributed by atoms with Crippen LogP contribution in [0.25, 0.3) is 0 Å². The van der Waals surface area contributed by atoms with Gasteiger partial charge < -0.3 is 5.32 Å². The Kier molecular flexibility index (Phi) is 2.88. The summed E-state index contributed by atoms with van der Waals surface area (Å²) >= 11 is 0. The zero-order valence-corrected chi connectivity index (χ0v) is 6.33. The van der Waals surface area contributed by atoms with Crippen molar-refractivity contribution in [3.8, 4) is 0 Å². The predicted molar refractivity (Wildman–Crippen MR) is 37.0 cm³/mol. The van der Waals surface area contributed by atoms with E-state index >= 15 is 0 Å². The molecule has 1 aliphatic heterocycles. The van der Waals surface area contributed by atoms with E-state index in [0.29, 0.717) is 13.1 Å². The van der Waals surface area contributed by atoms with Crippen LogP contribution in [0.15, 0.2) is 0 Å². The lowest BCUT2D eigenvalue weighted by Gasteiger charge is -2.24. The van der Waals surface area contributed by atoms with Crippen LogP contribution in [-0.4, -0.2) is 26.8 Å². The highest BCUT2D eigenvalue weighted by Gasteiger charge is 2.27.